The topological polar surface area (TPSA) is 52.6 Å². The Bertz CT molecular complexity index is 489. The van der Waals surface area contributed by atoms with Crippen LogP contribution in [0.2, 0.25) is 0 Å². The largest absolute Gasteiger partial charge is 0.361 e. The zero-order valence-electron chi connectivity index (χ0n) is 12.8. The van der Waals surface area contributed by atoms with E-state index >= 15 is 0 Å². The average molecular weight is 289 g/mol. The molecule has 0 aromatic carbocycles. The van der Waals surface area contributed by atoms with Crippen molar-refractivity contribution in [2.45, 2.75) is 19.3 Å². The number of amides is 1. The molecule has 2 aliphatic rings. The Labute approximate surface area is 125 Å². The van der Waals surface area contributed by atoms with E-state index in [-0.39, 0.29) is 0 Å². The van der Waals surface area contributed by atoms with Crippen LogP contribution < -0.4 is 9.80 Å². The summed E-state index contributed by atoms with van der Waals surface area (Å²) in [6.45, 7) is 3.28. The second-order valence-corrected chi connectivity index (χ2v) is 6.08. The predicted molar refractivity (Wildman–Crippen MR) is 82.5 cm³/mol. The fourth-order valence-corrected chi connectivity index (χ4v) is 2.79. The summed E-state index contributed by atoms with van der Waals surface area (Å²) >= 11 is 0. The Hall–Kier alpha value is -1.85. The van der Waals surface area contributed by atoms with Crippen molar-refractivity contribution in [2.24, 2.45) is 5.92 Å². The molecule has 1 aromatic heterocycles. The van der Waals surface area contributed by atoms with Gasteiger partial charge in [-0.2, -0.15) is 0 Å². The van der Waals surface area contributed by atoms with Crippen molar-refractivity contribution in [2.75, 3.05) is 50.1 Å². The molecule has 21 heavy (non-hydrogen) atoms. The summed E-state index contributed by atoms with van der Waals surface area (Å²) in [5.41, 5.74) is 0. The van der Waals surface area contributed by atoms with E-state index in [1.807, 2.05) is 36.0 Å². The number of hydrogen-bond donors (Lipinski definition) is 0. The molecule has 0 unspecified atom stereocenters. The quantitative estimate of drug-likeness (QED) is 0.830. The maximum absolute atomic E-state index is 12.2. The summed E-state index contributed by atoms with van der Waals surface area (Å²) in [6, 6.07) is 3.99. The lowest BCUT2D eigenvalue weighted by Gasteiger charge is -2.38. The number of piperazine rings is 1. The Morgan fingerprint density at radius 2 is 1.86 bits per heavy atom. The average Bonchev–Trinajstić information content (AvgIpc) is 2.46. The number of anilines is 2. The van der Waals surface area contributed by atoms with Gasteiger partial charge in [-0.15, -0.1) is 10.2 Å². The molecule has 0 bridgehead atoms. The number of hydrogen-bond acceptors (Lipinski definition) is 5. The van der Waals surface area contributed by atoms with Crippen LogP contribution in [0.4, 0.5) is 11.6 Å². The maximum Gasteiger partial charge on any atom is 0.225 e. The fraction of sp³-hybridized carbons (Fsp3) is 0.667. The van der Waals surface area contributed by atoms with E-state index in [0.29, 0.717) is 11.8 Å². The molecule has 1 saturated carbocycles. The first-order valence-electron chi connectivity index (χ1n) is 7.70. The molecule has 2 heterocycles. The van der Waals surface area contributed by atoms with E-state index in [9.17, 15) is 4.79 Å². The Balaban J connectivity index is 1.56. The summed E-state index contributed by atoms with van der Waals surface area (Å²) in [5.74, 6) is 2.42. The minimum atomic E-state index is 0.302. The summed E-state index contributed by atoms with van der Waals surface area (Å²) in [5, 5.41) is 8.50. The molecule has 1 aliphatic carbocycles. The van der Waals surface area contributed by atoms with E-state index in [1.54, 1.807) is 0 Å². The predicted octanol–water partition coefficient (Wildman–Crippen LogP) is 0.991. The highest BCUT2D eigenvalue weighted by molar-refractivity contribution is 5.79. The van der Waals surface area contributed by atoms with Crippen LogP contribution in [0, 0.1) is 5.92 Å². The molecule has 6 heteroatoms. The van der Waals surface area contributed by atoms with Crippen molar-refractivity contribution < 1.29 is 4.79 Å². The van der Waals surface area contributed by atoms with E-state index in [2.05, 4.69) is 15.1 Å². The smallest absolute Gasteiger partial charge is 0.225 e. The van der Waals surface area contributed by atoms with E-state index < -0.39 is 0 Å². The molecule has 1 amide bonds. The summed E-state index contributed by atoms with van der Waals surface area (Å²) in [7, 11) is 3.91. The molecule has 114 valence electrons. The SMILES string of the molecule is CN(C)c1ccc(N2CCN(C(=O)C3CCC3)CC2)nn1. The van der Waals surface area contributed by atoms with Crippen LogP contribution in [0.25, 0.3) is 0 Å². The van der Waals surface area contributed by atoms with Crippen LogP contribution in [0.3, 0.4) is 0 Å². The van der Waals surface area contributed by atoms with Gasteiger partial charge in [0.25, 0.3) is 0 Å². The highest BCUT2D eigenvalue weighted by Crippen LogP contribution is 2.28. The van der Waals surface area contributed by atoms with Gasteiger partial charge in [0.1, 0.15) is 0 Å². The second-order valence-electron chi connectivity index (χ2n) is 6.08. The van der Waals surface area contributed by atoms with Gasteiger partial charge in [0.15, 0.2) is 11.6 Å². The highest BCUT2D eigenvalue weighted by Gasteiger charge is 2.31. The number of carbonyl (C=O) groups excluding carboxylic acids is 1. The number of rotatable bonds is 3. The van der Waals surface area contributed by atoms with Crippen LogP contribution in [0.1, 0.15) is 19.3 Å². The summed E-state index contributed by atoms with van der Waals surface area (Å²) in [6.07, 6.45) is 3.37. The van der Waals surface area contributed by atoms with Gasteiger partial charge in [-0.25, -0.2) is 0 Å². The molecule has 1 aromatic rings. The zero-order chi connectivity index (χ0) is 14.8. The molecule has 0 atom stereocenters. The molecule has 1 aliphatic heterocycles. The first-order valence-corrected chi connectivity index (χ1v) is 7.70. The van der Waals surface area contributed by atoms with Crippen molar-refractivity contribution in [3.05, 3.63) is 12.1 Å². The number of carbonyl (C=O) groups is 1. The molecule has 6 nitrogen and oxygen atoms in total. The Morgan fingerprint density at radius 1 is 1.14 bits per heavy atom. The number of nitrogens with zero attached hydrogens (tertiary/aromatic N) is 5. The van der Waals surface area contributed by atoms with Gasteiger partial charge < -0.3 is 14.7 Å². The first-order chi connectivity index (χ1) is 10.1. The van der Waals surface area contributed by atoms with Gasteiger partial charge >= 0.3 is 0 Å². The fourth-order valence-electron chi connectivity index (χ4n) is 2.79. The molecule has 3 rings (SSSR count). The molecule has 0 N–H and O–H groups in total. The van der Waals surface area contributed by atoms with E-state index in [4.69, 9.17) is 0 Å². The van der Waals surface area contributed by atoms with Gasteiger partial charge in [-0.05, 0) is 25.0 Å². The molecule has 1 saturated heterocycles. The molecular formula is C15H23N5O. The van der Waals surface area contributed by atoms with Crippen LogP contribution in [0.15, 0.2) is 12.1 Å². The summed E-state index contributed by atoms with van der Waals surface area (Å²) in [4.78, 5) is 18.4. The van der Waals surface area contributed by atoms with Crippen LogP contribution in [-0.2, 0) is 4.79 Å². The van der Waals surface area contributed by atoms with Crippen molar-refractivity contribution in [3.8, 4) is 0 Å². The van der Waals surface area contributed by atoms with Crippen molar-refractivity contribution in [1.82, 2.24) is 15.1 Å². The van der Waals surface area contributed by atoms with Gasteiger partial charge in [-0.1, -0.05) is 6.42 Å². The normalized spacial score (nSPS) is 19.3. The van der Waals surface area contributed by atoms with E-state index in [1.165, 1.54) is 6.42 Å². The molecule has 0 radical (unpaired) electrons. The van der Waals surface area contributed by atoms with Gasteiger partial charge in [0, 0.05) is 46.2 Å². The van der Waals surface area contributed by atoms with Crippen LogP contribution in [-0.4, -0.2) is 61.3 Å². The molecule has 2 fully saturated rings. The number of aromatic nitrogens is 2. The first kappa shape index (κ1) is 14.1. The standard InChI is InChI=1S/C15H23N5O/c1-18(2)13-6-7-14(17-16-13)19-8-10-20(11-9-19)15(21)12-4-3-5-12/h6-7,12H,3-5,8-11H2,1-2H3. The molecular weight excluding hydrogens is 266 g/mol. The minimum Gasteiger partial charge on any atom is -0.361 e. The Morgan fingerprint density at radius 3 is 2.33 bits per heavy atom. The van der Waals surface area contributed by atoms with Gasteiger partial charge in [0.05, 0.1) is 0 Å². The van der Waals surface area contributed by atoms with Crippen molar-refractivity contribution in [1.29, 1.82) is 0 Å². The maximum atomic E-state index is 12.2. The third-order valence-electron chi connectivity index (χ3n) is 4.46. The van der Waals surface area contributed by atoms with Crippen molar-refractivity contribution >= 4 is 17.5 Å². The highest BCUT2D eigenvalue weighted by atomic mass is 16.2. The monoisotopic (exact) mass is 289 g/mol. The third kappa shape index (κ3) is 2.94. The van der Waals surface area contributed by atoms with Crippen LogP contribution in [0.5, 0.6) is 0 Å². The lowest BCUT2D eigenvalue weighted by atomic mass is 9.84. The summed E-state index contributed by atoms with van der Waals surface area (Å²) < 4.78 is 0. The minimum absolute atomic E-state index is 0.302. The zero-order valence-corrected chi connectivity index (χ0v) is 12.8. The molecule has 0 spiro atoms. The Kier molecular flexibility index (Phi) is 3.94. The van der Waals surface area contributed by atoms with Gasteiger partial charge in [0.2, 0.25) is 5.91 Å². The van der Waals surface area contributed by atoms with Crippen molar-refractivity contribution in [3.63, 3.8) is 0 Å². The van der Waals surface area contributed by atoms with Gasteiger partial charge in [-0.3, -0.25) is 4.79 Å². The van der Waals surface area contributed by atoms with Crippen LogP contribution >= 0.6 is 0 Å². The lowest BCUT2D eigenvalue weighted by Crippen LogP contribution is -2.51. The third-order valence-corrected chi connectivity index (χ3v) is 4.46. The second kappa shape index (κ2) is 5.87. The lowest BCUT2D eigenvalue weighted by molar-refractivity contribution is -0.138. The van der Waals surface area contributed by atoms with E-state index in [0.717, 1.165) is 50.7 Å².